The fraction of sp³-hybridized carbons (Fsp3) is 0.250. The zero-order valence-corrected chi connectivity index (χ0v) is 12.9. The van der Waals surface area contributed by atoms with Crippen molar-refractivity contribution in [1.82, 2.24) is 0 Å². The van der Waals surface area contributed by atoms with Crippen LogP contribution in [0.5, 0.6) is 0 Å². The molecule has 1 aromatic heterocycles. The number of rotatable bonds is 3. The zero-order valence-electron chi connectivity index (χ0n) is 11.3. The molecule has 3 rings (SSSR count). The smallest absolute Gasteiger partial charge is 0.227 e. The molecule has 0 aliphatic carbocycles. The molecule has 108 valence electrons. The predicted octanol–water partition coefficient (Wildman–Crippen LogP) is 3.95. The Labute approximate surface area is 132 Å². The minimum atomic E-state index is -0.0723. The molecule has 0 unspecified atom stereocenters. The molecule has 1 aliphatic heterocycles. The Morgan fingerprint density at radius 2 is 2.00 bits per heavy atom. The summed E-state index contributed by atoms with van der Waals surface area (Å²) in [6.07, 6.45) is 2.18. The van der Waals surface area contributed by atoms with E-state index in [4.69, 9.17) is 11.6 Å². The maximum absolute atomic E-state index is 12.4. The van der Waals surface area contributed by atoms with E-state index in [1.165, 1.54) is 11.3 Å². The van der Waals surface area contributed by atoms with Crippen molar-refractivity contribution in [2.24, 2.45) is 0 Å². The molecule has 0 saturated carbocycles. The summed E-state index contributed by atoms with van der Waals surface area (Å²) in [5.41, 5.74) is 1.98. The van der Waals surface area contributed by atoms with Crippen molar-refractivity contribution < 1.29 is 9.59 Å². The fourth-order valence-electron chi connectivity index (χ4n) is 2.54. The summed E-state index contributed by atoms with van der Waals surface area (Å²) in [5, 5.41) is 0. The van der Waals surface area contributed by atoms with Gasteiger partial charge in [0.15, 0.2) is 5.78 Å². The van der Waals surface area contributed by atoms with E-state index < -0.39 is 0 Å². The van der Waals surface area contributed by atoms with E-state index in [0.717, 1.165) is 24.1 Å². The normalized spacial score (nSPS) is 14.7. The van der Waals surface area contributed by atoms with Gasteiger partial charge in [0.2, 0.25) is 5.91 Å². The van der Waals surface area contributed by atoms with E-state index in [9.17, 15) is 9.59 Å². The molecule has 2 heterocycles. The minimum Gasteiger partial charge on any atom is -0.304 e. The number of aryl methyl sites for hydroxylation is 1. The molecule has 21 heavy (non-hydrogen) atoms. The molecule has 0 radical (unpaired) electrons. The fourth-order valence-corrected chi connectivity index (χ4v) is 3.52. The van der Waals surface area contributed by atoms with E-state index in [-0.39, 0.29) is 18.2 Å². The summed E-state index contributed by atoms with van der Waals surface area (Å²) in [6, 6.07) is 11.2. The van der Waals surface area contributed by atoms with Gasteiger partial charge in [-0.2, -0.15) is 0 Å². The summed E-state index contributed by atoms with van der Waals surface area (Å²) in [6.45, 7) is 0.0761. The Kier molecular flexibility index (Phi) is 4.08. The Morgan fingerprint density at radius 3 is 2.76 bits per heavy atom. The second-order valence-electron chi connectivity index (χ2n) is 4.99. The number of hydrogen-bond donors (Lipinski definition) is 0. The number of fused-ring (bicyclic) bond motifs is 1. The Balaban J connectivity index is 1.89. The first-order valence-corrected chi connectivity index (χ1v) is 8.01. The Hall–Kier alpha value is -1.65. The van der Waals surface area contributed by atoms with Gasteiger partial charge < -0.3 is 4.90 Å². The van der Waals surface area contributed by atoms with Crippen LogP contribution in [0.4, 0.5) is 5.69 Å². The summed E-state index contributed by atoms with van der Waals surface area (Å²) < 4.78 is 0.584. The van der Waals surface area contributed by atoms with E-state index >= 15 is 0 Å². The summed E-state index contributed by atoms with van der Waals surface area (Å²) in [7, 11) is 0. The summed E-state index contributed by atoms with van der Waals surface area (Å²) >= 11 is 7.12. The first kappa shape index (κ1) is 14.3. The van der Waals surface area contributed by atoms with Crippen molar-refractivity contribution >= 4 is 40.3 Å². The van der Waals surface area contributed by atoms with Crippen LogP contribution in [-0.2, 0) is 11.2 Å². The number of thiophene rings is 1. The molecule has 1 amide bonds. The average Bonchev–Trinajstić information content (AvgIpc) is 2.85. The minimum absolute atomic E-state index is 0.0101. The molecule has 0 bridgehead atoms. The van der Waals surface area contributed by atoms with Crippen molar-refractivity contribution in [3.05, 3.63) is 51.2 Å². The highest BCUT2D eigenvalue weighted by atomic mass is 35.5. The lowest BCUT2D eigenvalue weighted by Gasteiger charge is -2.22. The number of nitrogens with zero attached hydrogens (tertiary/aromatic N) is 1. The van der Waals surface area contributed by atoms with Gasteiger partial charge in [0.25, 0.3) is 0 Å². The molecule has 0 spiro atoms. The number of hydrogen-bond acceptors (Lipinski definition) is 3. The predicted molar refractivity (Wildman–Crippen MR) is 85.4 cm³/mol. The lowest BCUT2D eigenvalue weighted by molar-refractivity contribution is -0.118. The van der Waals surface area contributed by atoms with Crippen molar-refractivity contribution in [2.75, 3.05) is 11.4 Å². The molecule has 5 heteroatoms. The molecule has 3 nitrogen and oxygen atoms in total. The highest BCUT2D eigenvalue weighted by molar-refractivity contribution is 7.18. The van der Waals surface area contributed by atoms with Crippen LogP contribution < -0.4 is 4.90 Å². The first-order valence-electron chi connectivity index (χ1n) is 6.82. The second kappa shape index (κ2) is 6.00. The van der Waals surface area contributed by atoms with Crippen LogP contribution in [0, 0.1) is 0 Å². The molecule has 2 aromatic rings. The molecule has 0 saturated heterocycles. The summed E-state index contributed by atoms with van der Waals surface area (Å²) in [4.78, 5) is 26.9. The molecular weight excluding hydrogens is 306 g/mol. The highest BCUT2D eigenvalue weighted by Gasteiger charge is 2.24. The third-order valence-corrected chi connectivity index (χ3v) is 4.84. The summed E-state index contributed by atoms with van der Waals surface area (Å²) in [5.74, 6) is -0.0621. The average molecular weight is 320 g/mol. The number of carbonyl (C=O) groups excluding carboxylic acids is 2. The van der Waals surface area contributed by atoms with E-state index in [1.54, 1.807) is 17.0 Å². The maximum atomic E-state index is 12.4. The van der Waals surface area contributed by atoms with Crippen LogP contribution in [0.1, 0.15) is 28.1 Å². The van der Waals surface area contributed by atoms with Crippen molar-refractivity contribution in [1.29, 1.82) is 0 Å². The molecule has 0 atom stereocenters. The Morgan fingerprint density at radius 1 is 1.19 bits per heavy atom. The monoisotopic (exact) mass is 319 g/mol. The van der Waals surface area contributed by atoms with E-state index in [1.807, 2.05) is 24.3 Å². The van der Waals surface area contributed by atoms with Gasteiger partial charge >= 0.3 is 0 Å². The third-order valence-electron chi connectivity index (χ3n) is 3.57. The number of anilines is 1. The van der Waals surface area contributed by atoms with Crippen molar-refractivity contribution in [3.8, 4) is 0 Å². The van der Waals surface area contributed by atoms with Crippen LogP contribution in [0.2, 0.25) is 4.34 Å². The second-order valence-corrected chi connectivity index (χ2v) is 6.70. The highest BCUT2D eigenvalue weighted by Crippen LogP contribution is 2.28. The van der Waals surface area contributed by atoms with Crippen LogP contribution in [-0.4, -0.2) is 18.2 Å². The van der Waals surface area contributed by atoms with Gasteiger partial charge in [-0.3, -0.25) is 9.59 Å². The van der Waals surface area contributed by atoms with Crippen LogP contribution in [0.3, 0.4) is 0 Å². The van der Waals surface area contributed by atoms with Gasteiger partial charge in [-0.25, -0.2) is 0 Å². The lowest BCUT2D eigenvalue weighted by atomic mass is 10.1. The van der Waals surface area contributed by atoms with Gasteiger partial charge in [-0.05, 0) is 36.6 Å². The van der Waals surface area contributed by atoms with E-state index in [2.05, 4.69) is 0 Å². The molecule has 1 aliphatic rings. The Bertz CT molecular complexity index is 695. The van der Waals surface area contributed by atoms with Gasteiger partial charge in [-0.15, -0.1) is 11.3 Å². The number of benzene rings is 1. The zero-order chi connectivity index (χ0) is 14.8. The number of Topliss-reactive ketones (excluding diaryl/α,β-unsaturated/α-hetero) is 1. The van der Waals surface area contributed by atoms with Crippen molar-refractivity contribution in [3.63, 3.8) is 0 Å². The van der Waals surface area contributed by atoms with Gasteiger partial charge in [0.1, 0.15) is 0 Å². The van der Waals surface area contributed by atoms with Crippen molar-refractivity contribution in [2.45, 2.75) is 19.3 Å². The standard InChI is InChI=1S/C16H14ClNO2S/c17-15-9-8-14(21-15)13(19)10-18-12-6-2-1-4-11(12)5-3-7-16(18)20/h1-2,4,6,8-9H,3,5,7,10H2. The molecular formula is C16H14ClNO2S. The molecule has 1 aromatic carbocycles. The number of ketones is 1. The largest absolute Gasteiger partial charge is 0.304 e. The van der Waals surface area contributed by atoms with Crippen LogP contribution in [0.15, 0.2) is 36.4 Å². The molecule has 0 N–H and O–H groups in total. The number of carbonyl (C=O) groups is 2. The van der Waals surface area contributed by atoms with Crippen LogP contribution >= 0.6 is 22.9 Å². The topological polar surface area (TPSA) is 37.4 Å². The molecule has 0 fully saturated rings. The van der Waals surface area contributed by atoms with Gasteiger partial charge in [-0.1, -0.05) is 29.8 Å². The third kappa shape index (κ3) is 3.01. The quantitative estimate of drug-likeness (QED) is 0.803. The maximum Gasteiger partial charge on any atom is 0.227 e. The SMILES string of the molecule is O=C(CN1C(=O)CCCc2ccccc21)c1ccc(Cl)s1. The lowest BCUT2D eigenvalue weighted by Crippen LogP contribution is -2.35. The number of para-hydroxylation sites is 1. The van der Waals surface area contributed by atoms with Gasteiger partial charge in [0.05, 0.1) is 15.8 Å². The number of halogens is 1. The van der Waals surface area contributed by atoms with E-state index in [0.29, 0.717) is 15.6 Å². The number of amides is 1. The first-order chi connectivity index (χ1) is 10.1. The van der Waals surface area contributed by atoms with Gasteiger partial charge in [0, 0.05) is 12.1 Å². The van der Waals surface area contributed by atoms with Crippen LogP contribution in [0.25, 0.3) is 0 Å².